The molecule has 1 aromatic heterocycles. The number of carbonyl (C=O) groups excluding carboxylic acids is 2. The van der Waals surface area contributed by atoms with Crippen LogP contribution in [0.3, 0.4) is 0 Å². The van der Waals surface area contributed by atoms with Crippen molar-refractivity contribution in [1.82, 2.24) is 20.6 Å². The summed E-state index contributed by atoms with van der Waals surface area (Å²) in [5.41, 5.74) is 6.69. The first kappa shape index (κ1) is 17.3. The SMILES string of the molecule is COc1ccc(C(=O)NNC(=O)Cn2nc(C)cc2C)c(OC)c1. The normalized spacial score (nSPS) is 10.2. The van der Waals surface area contributed by atoms with Gasteiger partial charge < -0.3 is 9.47 Å². The molecule has 1 aromatic carbocycles. The molecule has 24 heavy (non-hydrogen) atoms. The summed E-state index contributed by atoms with van der Waals surface area (Å²) in [7, 11) is 2.97. The molecule has 0 saturated heterocycles. The molecule has 0 unspecified atom stereocenters. The monoisotopic (exact) mass is 332 g/mol. The Balaban J connectivity index is 1.97. The molecule has 0 saturated carbocycles. The van der Waals surface area contributed by atoms with Gasteiger partial charge >= 0.3 is 0 Å². The van der Waals surface area contributed by atoms with Crippen molar-refractivity contribution in [3.8, 4) is 11.5 Å². The van der Waals surface area contributed by atoms with Gasteiger partial charge in [-0.3, -0.25) is 25.1 Å². The molecule has 0 aliphatic carbocycles. The first-order valence-corrected chi connectivity index (χ1v) is 7.27. The topological polar surface area (TPSA) is 94.5 Å². The molecule has 2 N–H and O–H groups in total. The molecule has 128 valence electrons. The van der Waals surface area contributed by atoms with Gasteiger partial charge in [0.2, 0.25) is 0 Å². The minimum Gasteiger partial charge on any atom is -0.497 e. The summed E-state index contributed by atoms with van der Waals surface area (Å²) in [6.07, 6.45) is 0. The Bertz CT molecular complexity index is 755. The van der Waals surface area contributed by atoms with E-state index in [1.807, 2.05) is 19.9 Å². The second kappa shape index (κ2) is 7.49. The number of hydrogen-bond donors (Lipinski definition) is 2. The standard InChI is InChI=1S/C16H20N4O4/c1-10-7-11(2)20(19-10)9-15(21)17-18-16(22)13-6-5-12(23-3)8-14(13)24-4/h5-8H,9H2,1-4H3,(H,17,21)(H,18,22). The van der Waals surface area contributed by atoms with Crippen molar-refractivity contribution in [1.29, 1.82) is 0 Å². The third kappa shape index (κ3) is 4.03. The number of amides is 2. The number of hydrazine groups is 1. The maximum atomic E-state index is 12.2. The second-order valence-corrected chi connectivity index (χ2v) is 5.15. The molecule has 2 amide bonds. The third-order valence-electron chi connectivity index (χ3n) is 3.37. The average Bonchev–Trinajstić information content (AvgIpc) is 2.89. The average molecular weight is 332 g/mol. The van der Waals surface area contributed by atoms with E-state index in [4.69, 9.17) is 9.47 Å². The fourth-order valence-corrected chi connectivity index (χ4v) is 2.19. The number of nitrogens with zero attached hydrogens (tertiary/aromatic N) is 2. The van der Waals surface area contributed by atoms with Crippen molar-refractivity contribution in [3.05, 3.63) is 41.2 Å². The van der Waals surface area contributed by atoms with Gasteiger partial charge in [-0.25, -0.2) is 0 Å². The van der Waals surface area contributed by atoms with Crippen LogP contribution in [0.25, 0.3) is 0 Å². The van der Waals surface area contributed by atoms with Crippen LogP contribution in [0.1, 0.15) is 21.7 Å². The van der Waals surface area contributed by atoms with Gasteiger partial charge in [-0.15, -0.1) is 0 Å². The number of aromatic nitrogens is 2. The van der Waals surface area contributed by atoms with Crippen LogP contribution in [0.4, 0.5) is 0 Å². The molecule has 1 heterocycles. The van der Waals surface area contributed by atoms with Gasteiger partial charge in [-0.1, -0.05) is 0 Å². The molecule has 2 rings (SSSR count). The minimum atomic E-state index is -0.490. The Morgan fingerprint density at radius 2 is 1.88 bits per heavy atom. The van der Waals surface area contributed by atoms with Gasteiger partial charge in [0.25, 0.3) is 11.8 Å². The lowest BCUT2D eigenvalue weighted by Gasteiger charge is -2.12. The smallest absolute Gasteiger partial charge is 0.273 e. The van der Waals surface area contributed by atoms with Crippen molar-refractivity contribution in [2.45, 2.75) is 20.4 Å². The molecule has 8 heteroatoms. The van der Waals surface area contributed by atoms with Crippen LogP contribution < -0.4 is 20.3 Å². The Labute approximate surface area is 139 Å². The lowest BCUT2D eigenvalue weighted by atomic mass is 10.2. The number of rotatable bonds is 5. The van der Waals surface area contributed by atoms with E-state index >= 15 is 0 Å². The predicted octanol–water partition coefficient (Wildman–Crippen LogP) is 0.978. The zero-order chi connectivity index (χ0) is 17.7. The molecule has 0 fully saturated rings. The quantitative estimate of drug-likeness (QED) is 0.796. The number of methoxy groups -OCH3 is 2. The van der Waals surface area contributed by atoms with E-state index in [1.54, 1.807) is 22.9 Å². The highest BCUT2D eigenvalue weighted by Gasteiger charge is 2.14. The molecule has 0 atom stereocenters. The van der Waals surface area contributed by atoms with E-state index in [9.17, 15) is 9.59 Å². The van der Waals surface area contributed by atoms with Crippen molar-refractivity contribution in [2.75, 3.05) is 14.2 Å². The molecule has 0 aliphatic heterocycles. The van der Waals surface area contributed by atoms with Gasteiger partial charge in [0.1, 0.15) is 18.0 Å². The van der Waals surface area contributed by atoms with Crippen molar-refractivity contribution in [2.24, 2.45) is 0 Å². The van der Waals surface area contributed by atoms with E-state index in [2.05, 4.69) is 16.0 Å². The zero-order valence-electron chi connectivity index (χ0n) is 14.0. The largest absolute Gasteiger partial charge is 0.497 e. The van der Waals surface area contributed by atoms with Crippen molar-refractivity contribution < 1.29 is 19.1 Å². The Morgan fingerprint density at radius 3 is 2.46 bits per heavy atom. The number of aryl methyl sites for hydroxylation is 2. The highest BCUT2D eigenvalue weighted by atomic mass is 16.5. The van der Waals surface area contributed by atoms with Crippen LogP contribution >= 0.6 is 0 Å². The minimum absolute atomic E-state index is 0.0136. The lowest BCUT2D eigenvalue weighted by molar-refractivity contribution is -0.122. The molecular formula is C16H20N4O4. The molecule has 2 aromatic rings. The summed E-state index contributed by atoms with van der Waals surface area (Å²) < 4.78 is 11.8. The van der Waals surface area contributed by atoms with Crippen LogP contribution in [-0.2, 0) is 11.3 Å². The maximum Gasteiger partial charge on any atom is 0.273 e. The van der Waals surface area contributed by atoms with Gasteiger partial charge in [-0.2, -0.15) is 5.10 Å². The summed E-state index contributed by atoms with van der Waals surface area (Å²) in [6.45, 7) is 3.72. The van der Waals surface area contributed by atoms with Gasteiger partial charge in [0.05, 0.1) is 25.5 Å². The van der Waals surface area contributed by atoms with E-state index < -0.39 is 5.91 Å². The van der Waals surface area contributed by atoms with E-state index in [0.717, 1.165) is 11.4 Å². The third-order valence-corrected chi connectivity index (χ3v) is 3.37. The van der Waals surface area contributed by atoms with Crippen LogP contribution in [0.15, 0.2) is 24.3 Å². The highest BCUT2D eigenvalue weighted by Crippen LogP contribution is 2.24. The number of hydrogen-bond acceptors (Lipinski definition) is 5. The summed E-state index contributed by atoms with van der Waals surface area (Å²) in [4.78, 5) is 24.1. The first-order valence-electron chi connectivity index (χ1n) is 7.27. The maximum absolute atomic E-state index is 12.2. The van der Waals surface area contributed by atoms with Crippen LogP contribution in [0.2, 0.25) is 0 Å². The van der Waals surface area contributed by atoms with Crippen molar-refractivity contribution >= 4 is 11.8 Å². The van der Waals surface area contributed by atoms with E-state index in [1.165, 1.54) is 14.2 Å². The van der Waals surface area contributed by atoms with E-state index in [0.29, 0.717) is 11.5 Å². The molecule has 0 bridgehead atoms. The molecular weight excluding hydrogens is 312 g/mol. The Morgan fingerprint density at radius 1 is 1.12 bits per heavy atom. The number of carbonyl (C=O) groups is 2. The van der Waals surface area contributed by atoms with Crippen LogP contribution in [-0.4, -0.2) is 35.8 Å². The van der Waals surface area contributed by atoms with Gasteiger partial charge in [-0.05, 0) is 32.0 Å². The molecule has 0 radical (unpaired) electrons. The molecule has 8 nitrogen and oxygen atoms in total. The number of ether oxygens (including phenoxy) is 2. The van der Waals surface area contributed by atoms with Crippen LogP contribution in [0, 0.1) is 13.8 Å². The summed E-state index contributed by atoms with van der Waals surface area (Å²) >= 11 is 0. The highest BCUT2D eigenvalue weighted by molar-refractivity contribution is 5.98. The second-order valence-electron chi connectivity index (χ2n) is 5.15. The fraction of sp³-hybridized carbons (Fsp3) is 0.312. The fourth-order valence-electron chi connectivity index (χ4n) is 2.19. The Hall–Kier alpha value is -3.03. The van der Waals surface area contributed by atoms with Gasteiger partial charge in [0.15, 0.2) is 0 Å². The number of benzene rings is 1. The first-order chi connectivity index (χ1) is 11.4. The zero-order valence-corrected chi connectivity index (χ0v) is 14.0. The predicted molar refractivity (Wildman–Crippen MR) is 86.9 cm³/mol. The summed E-state index contributed by atoms with van der Waals surface area (Å²) in [5.74, 6) is 0.0369. The molecule has 0 aliphatic rings. The Kier molecular flexibility index (Phi) is 5.41. The summed E-state index contributed by atoms with van der Waals surface area (Å²) in [5, 5.41) is 4.19. The molecule has 0 spiro atoms. The number of nitrogens with one attached hydrogen (secondary N) is 2. The van der Waals surface area contributed by atoms with Crippen molar-refractivity contribution in [3.63, 3.8) is 0 Å². The van der Waals surface area contributed by atoms with Crippen LogP contribution in [0.5, 0.6) is 11.5 Å². The van der Waals surface area contributed by atoms with E-state index in [-0.39, 0.29) is 18.0 Å². The van der Waals surface area contributed by atoms with Gasteiger partial charge in [0, 0.05) is 11.8 Å². The summed E-state index contributed by atoms with van der Waals surface area (Å²) in [6, 6.07) is 6.65. The lowest BCUT2D eigenvalue weighted by Crippen LogP contribution is -2.43.